The van der Waals surface area contributed by atoms with Gasteiger partial charge in [0.25, 0.3) is 5.91 Å². The lowest BCUT2D eigenvalue weighted by Gasteiger charge is -2.43. The van der Waals surface area contributed by atoms with Crippen LogP contribution in [0, 0.1) is 27.7 Å². The summed E-state index contributed by atoms with van der Waals surface area (Å²) >= 11 is 0. The number of halogens is 1. The topological polar surface area (TPSA) is 111 Å². The molecule has 2 aromatic carbocycles. The van der Waals surface area contributed by atoms with Crippen molar-refractivity contribution in [2.24, 2.45) is 0 Å². The highest BCUT2D eigenvalue weighted by atomic mass is 35.5. The van der Waals surface area contributed by atoms with Gasteiger partial charge in [-0.2, -0.15) is 10.2 Å². The molecule has 0 radical (unpaired) electrons. The third-order valence-corrected chi connectivity index (χ3v) is 8.91. The zero-order chi connectivity index (χ0) is 28.8. The maximum Gasteiger partial charge on any atom is 0.258 e. The Morgan fingerprint density at radius 2 is 1.38 bits per heavy atom. The van der Waals surface area contributed by atoms with Crippen LogP contribution in [0.25, 0.3) is 11.4 Å². The predicted molar refractivity (Wildman–Crippen MR) is 170 cm³/mol. The highest BCUT2D eigenvalue weighted by Crippen LogP contribution is 2.39. The van der Waals surface area contributed by atoms with Gasteiger partial charge in [-0.15, -0.1) is 12.4 Å². The molecular formula is C32H41ClN8O. The number of nitrogens with two attached hydrogens (primary N) is 2. The van der Waals surface area contributed by atoms with Gasteiger partial charge in [0.2, 0.25) is 0 Å². The summed E-state index contributed by atoms with van der Waals surface area (Å²) in [4.78, 5) is 19.2. The second kappa shape index (κ2) is 11.8. The number of rotatable bonds is 5. The van der Waals surface area contributed by atoms with Crippen LogP contribution in [-0.2, 0) is 0 Å². The monoisotopic (exact) mass is 588 g/mol. The molecule has 0 bridgehead atoms. The van der Waals surface area contributed by atoms with Gasteiger partial charge < -0.3 is 21.3 Å². The SMILES string of the molecule is Cc1nn(-c2cccc(N)c2)c(C)c1C(=O)N1CCC(N2CCCC2)CC1c1c(C)nn(-c2cccc(N)c2)c1C.Cl. The maximum absolute atomic E-state index is 14.5. The molecule has 2 aromatic heterocycles. The third-order valence-electron chi connectivity index (χ3n) is 8.91. The molecule has 1 amide bonds. The van der Waals surface area contributed by atoms with Crippen LogP contribution in [0.15, 0.2) is 48.5 Å². The largest absolute Gasteiger partial charge is 0.399 e. The quantitative estimate of drug-likeness (QED) is 0.305. The van der Waals surface area contributed by atoms with Crippen molar-refractivity contribution in [3.63, 3.8) is 0 Å². The fraction of sp³-hybridized carbons (Fsp3) is 0.406. The van der Waals surface area contributed by atoms with Crippen molar-refractivity contribution in [1.29, 1.82) is 0 Å². The van der Waals surface area contributed by atoms with E-state index in [1.165, 1.54) is 12.8 Å². The summed E-state index contributed by atoms with van der Waals surface area (Å²) < 4.78 is 3.80. The normalized spacial score (nSPS) is 19.2. The Balaban J connectivity index is 0.00000353. The number of nitrogen functional groups attached to an aromatic ring is 2. The molecule has 2 atom stereocenters. The van der Waals surface area contributed by atoms with Gasteiger partial charge in [-0.25, -0.2) is 9.36 Å². The Bertz CT molecular complexity index is 1600. The number of nitrogens with zero attached hydrogens (tertiary/aromatic N) is 6. The molecule has 2 aliphatic heterocycles. The van der Waals surface area contributed by atoms with Gasteiger partial charge in [0.15, 0.2) is 0 Å². The van der Waals surface area contributed by atoms with Crippen molar-refractivity contribution >= 4 is 29.7 Å². The molecule has 0 spiro atoms. The summed E-state index contributed by atoms with van der Waals surface area (Å²) in [6.45, 7) is 11.0. The summed E-state index contributed by atoms with van der Waals surface area (Å²) in [5, 5.41) is 9.73. The first kappa shape index (κ1) is 29.7. The molecule has 2 unspecified atom stereocenters. The number of carbonyl (C=O) groups excluding carboxylic acids is 1. The molecule has 10 heteroatoms. The van der Waals surface area contributed by atoms with Crippen molar-refractivity contribution in [3.05, 3.63) is 82.4 Å². The zero-order valence-electron chi connectivity index (χ0n) is 24.9. The standard InChI is InChI=1S/C32H40N8O.ClH/c1-20-30(22(3)39(35-20)27-11-7-9-24(33)17-27)29-19-26(37-14-5-6-15-37)13-16-38(29)32(41)31-21(2)36-40(23(31)4)28-12-8-10-25(34)18-28;/h7-12,17-18,26,29H,5-6,13-16,19,33-34H2,1-4H3;1H. The molecule has 6 rings (SSSR count). The fourth-order valence-corrected chi connectivity index (χ4v) is 6.95. The number of piperidine rings is 1. The number of amides is 1. The highest BCUT2D eigenvalue weighted by molar-refractivity contribution is 5.97. The number of carbonyl (C=O) groups is 1. The van der Waals surface area contributed by atoms with E-state index >= 15 is 0 Å². The molecule has 4 aromatic rings. The third kappa shape index (κ3) is 5.27. The number of hydrogen-bond donors (Lipinski definition) is 2. The van der Waals surface area contributed by atoms with Gasteiger partial charge in [-0.3, -0.25) is 4.79 Å². The van der Waals surface area contributed by atoms with Crippen LogP contribution < -0.4 is 11.5 Å². The van der Waals surface area contributed by atoms with E-state index in [4.69, 9.17) is 21.7 Å². The van der Waals surface area contributed by atoms with Gasteiger partial charge in [-0.05, 0) is 103 Å². The molecule has 4 N–H and O–H groups in total. The number of anilines is 2. The van der Waals surface area contributed by atoms with E-state index < -0.39 is 0 Å². The summed E-state index contributed by atoms with van der Waals surface area (Å²) in [6, 6.07) is 15.8. The van der Waals surface area contributed by atoms with Crippen LogP contribution in [0.3, 0.4) is 0 Å². The van der Waals surface area contributed by atoms with E-state index in [1.54, 1.807) is 0 Å². The van der Waals surface area contributed by atoms with E-state index in [0.29, 0.717) is 29.5 Å². The minimum atomic E-state index is -0.0915. The number of likely N-dealkylation sites (tertiary alicyclic amines) is 2. The lowest BCUT2D eigenvalue weighted by molar-refractivity contribution is 0.0464. The molecule has 2 fully saturated rings. The summed E-state index contributed by atoms with van der Waals surface area (Å²) in [7, 11) is 0. The molecule has 2 saturated heterocycles. The second-order valence-corrected chi connectivity index (χ2v) is 11.6. The fourth-order valence-electron chi connectivity index (χ4n) is 6.95. The zero-order valence-corrected chi connectivity index (χ0v) is 25.7. The van der Waals surface area contributed by atoms with Crippen LogP contribution in [0.4, 0.5) is 11.4 Å². The Kier molecular flexibility index (Phi) is 8.35. The first-order valence-corrected chi connectivity index (χ1v) is 14.6. The molecule has 42 heavy (non-hydrogen) atoms. The van der Waals surface area contributed by atoms with Crippen LogP contribution >= 0.6 is 12.4 Å². The molecule has 2 aliphatic rings. The van der Waals surface area contributed by atoms with Crippen molar-refractivity contribution in [2.45, 2.75) is 65.5 Å². The second-order valence-electron chi connectivity index (χ2n) is 11.6. The van der Waals surface area contributed by atoms with Crippen LogP contribution in [0.2, 0.25) is 0 Å². The van der Waals surface area contributed by atoms with E-state index in [2.05, 4.69) is 23.6 Å². The van der Waals surface area contributed by atoms with Crippen molar-refractivity contribution in [2.75, 3.05) is 31.1 Å². The van der Waals surface area contributed by atoms with Crippen LogP contribution in [-0.4, -0.2) is 60.9 Å². The van der Waals surface area contributed by atoms with Gasteiger partial charge in [0.1, 0.15) is 0 Å². The minimum Gasteiger partial charge on any atom is -0.399 e. The number of aromatic nitrogens is 4. The molecule has 4 heterocycles. The van der Waals surface area contributed by atoms with E-state index in [0.717, 1.165) is 65.6 Å². The minimum absolute atomic E-state index is 0. The highest BCUT2D eigenvalue weighted by Gasteiger charge is 2.40. The van der Waals surface area contributed by atoms with Gasteiger partial charge >= 0.3 is 0 Å². The Labute approximate surface area is 253 Å². The Morgan fingerprint density at radius 1 is 0.810 bits per heavy atom. The number of aryl methyl sites for hydroxylation is 2. The van der Waals surface area contributed by atoms with Crippen molar-refractivity contribution < 1.29 is 4.79 Å². The average Bonchev–Trinajstić information content (AvgIpc) is 3.66. The summed E-state index contributed by atoms with van der Waals surface area (Å²) in [5.74, 6) is 0.0236. The van der Waals surface area contributed by atoms with E-state index in [-0.39, 0.29) is 24.4 Å². The predicted octanol–water partition coefficient (Wildman–Crippen LogP) is 5.32. The molecule has 222 valence electrons. The molecule has 0 saturated carbocycles. The number of hydrogen-bond acceptors (Lipinski definition) is 6. The van der Waals surface area contributed by atoms with Gasteiger partial charge in [0, 0.05) is 35.2 Å². The lowest BCUT2D eigenvalue weighted by Crippen LogP contribution is -2.48. The smallest absolute Gasteiger partial charge is 0.258 e. The summed E-state index contributed by atoms with van der Waals surface area (Å²) in [6.07, 6.45) is 4.34. The molecular weight excluding hydrogens is 548 g/mol. The lowest BCUT2D eigenvalue weighted by atomic mass is 9.89. The first-order valence-electron chi connectivity index (χ1n) is 14.6. The Hall–Kier alpha value is -3.82. The Morgan fingerprint density at radius 3 is 1.98 bits per heavy atom. The summed E-state index contributed by atoms with van der Waals surface area (Å²) in [5.41, 5.74) is 20.6. The number of benzene rings is 2. The van der Waals surface area contributed by atoms with E-state index in [1.807, 2.05) is 71.7 Å². The van der Waals surface area contributed by atoms with E-state index in [9.17, 15) is 4.79 Å². The van der Waals surface area contributed by atoms with Gasteiger partial charge in [0.05, 0.1) is 40.1 Å². The van der Waals surface area contributed by atoms with Crippen LogP contribution in [0.5, 0.6) is 0 Å². The maximum atomic E-state index is 14.5. The first-order chi connectivity index (χ1) is 19.7. The molecule has 9 nitrogen and oxygen atoms in total. The average molecular weight is 589 g/mol. The molecule has 0 aliphatic carbocycles. The van der Waals surface area contributed by atoms with Crippen LogP contribution in [0.1, 0.15) is 70.4 Å². The van der Waals surface area contributed by atoms with Crippen molar-refractivity contribution in [1.82, 2.24) is 29.4 Å². The van der Waals surface area contributed by atoms with Crippen molar-refractivity contribution in [3.8, 4) is 11.4 Å². The van der Waals surface area contributed by atoms with Gasteiger partial charge in [-0.1, -0.05) is 12.1 Å².